The molecule has 5 nitrogen and oxygen atoms in total. The summed E-state index contributed by atoms with van der Waals surface area (Å²) in [6, 6.07) is 6.99. The van der Waals surface area contributed by atoms with Crippen LogP contribution in [0.2, 0.25) is 0 Å². The summed E-state index contributed by atoms with van der Waals surface area (Å²) in [5.74, 6) is 1.16. The second-order valence-electron chi connectivity index (χ2n) is 19.0. The van der Waals surface area contributed by atoms with E-state index in [0.29, 0.717) is 11.5 Å². The average molecular weight is 655 g/mol. The van der Waals surface area contributed by atoms with Crippen LogP contribution in [0.15, 0.2) is 42.8 Å². The number of benzene rings is 1. The Hall–Kier alpha value is -1.98. The van der Waals surface area contributed by atoms with Gasteiger partial charge in [-0.25, -0.2) is 0 Å². The van der Waals surface area contributed by atoms with Gasteiger partial charge in [0.1, 0.15) is 5.60 Å². The molecule has 0 aliphatic carbocycles. The van der Waals surface area contributed by atoms with Gasteiger partial charge in [0.15, 0.2) is 0 Å². The topological polar surface area (TPSA) is 45.0 Å². The third-order valence-electron chi connectivity index (χ3n) is 8.79. The molecule has 5 heteroatoms. The van der Waals surface area contributed by atoms with E-state index in [-0.39, 0.29) is 22.3 Å². The molecule has 2 atom stereocenters. The van der Waals surface area contributed by atoms with Crippen LogP contribution in [0.1, 0.15) is 134 Å². The largest absolute Gasteiger partial charge is 0.493 e. The van der Waals surface area contributed by atoms with Crippen LogP contribution in [0, 0.1) is 22.2 Å². The molecule has 1 aromatic rings. The number of likely N-dealkylation sites (N-methyl/N-ethyl adjacent to an activating group) is 1. The molecule has 0 spiro atoms. The standard InChI is InChI=1S/C42H78N4O/c1-18-45(31-37-27-38(43)20-19-36(37)30-41(11,12)13)23-21-35(34(4)47-42(14,15)16)22-24-46(33(3)29-40(8,9)10)26-25-44(17)32(2)28-39(5,6)7/h19-20,27,32,35H,3-4,18,21-26,28-31,43H2,1-2,5-17H3. The molecule has 2 unspecified atom stereocenters. The molecule has 0 saturated carbocycles. The normalized spacial score (nSPS) is 14.4. The summed E-state index contributed by atoms with van der Waals surface area (Å²) in [6.07, 6.45) is 5.20. The molecule has 0 radical (unpaired) electrons. The SMILES string of the molecule is C=C(OC(C)(C)C)C(CCN(CC)Cc1cc(N)ccc1CC(C)(C)C)CCN(CCN(C)C(C)CC(C)(C)C)C(=C)CC(C)(C)C. The summed E-state index contributed by atoms with van der Waals surface area (Å²) in [5, 5.41) is 0. The Morgan fingerprint density at radius 1 is 0.809 bits per heavy atom. The van der Waals surface area contributed by atoms with Gasteiger partial charge in [0, 0.05) is 49.5 Å². The van der Waals surface area contributed by atoms with Crippen LogP contribution >= 0.6 is 0 Å². The molecule has 0 saturated heterocycles. The van der Waals surface area contributed by atoms with Crippen molar-refractivity contribution in [3.63, 3.8) is 0 Å². The Morgan fingerprint density at radius 3 is 1.91 bits per heavy atom. The minimum Gasteiger partial charge on any atom is -0.493 e. The number of rotatable bonds is 19. The predicted molar refractivity (Wildman–Crippen MR) is 209 cm³/mol. The molecule has 272 valence electrons. The predicted octanol–water partition coefficient (Wildman–Crippen LogP) is 10.4. The lowest BCUT2D eigenvalue weighted by Crippen LogP contribution is -2.39. The maximum Gasteiger partial charge on any atom is 0.100 e. The third kappa shape index (κ3) is 19.0. The van der Waals surface area contributed by atoms with Crippen LogP contribution in [0.3, 0.4) is 0 Å². The first kappa shape index (κ1) is 43.0. The van der Waals surface area contributed by atoms with Crippen molar-refractivity contribution < 1.29 is 4.74 Å². The lowest BCUT2D eigenvalue weighted by molar-refractivity contribution is 0.0296. The van der Waals surface area contributed by atoms with Crippen LogP contribution in [0.5, 0.6) is 0 Å². The highest BCUT2D eigenvalue weighted by molar-refractivity contribution is 5.45. The van der Waals surface area contributed by atoms with Crippen molar-refractivity contribution in [1.29, 1.82) is 0 Å². The fourth-order valence-electron chi connectivity index (χ4n) is 6.41. The van der Waals surface area contributed by atoms with Crippen LogP contribution in [-0.4, -0.2) is 66.1 Å². The van der Waals surface area contributed by atoms with Gasteiger partial charge in [-0.05, 0) is 119 Å². The number of hydrogen-bond donors (Lipinski definition) is 1. The minimum atomic E-state index is -0.273. The van der Waals surface area contributed by atoms with Crippen molar-refractivity contribution >= 4 is 5.69 Å². The molecular weight excluding hydrogens is 576 g/mol. The highest BCUT2D eigenvalue weighted by Gasteiger charge is 2.25. The number of allylic oxidation sites excluding steroid dienone is 2. The molecule has 0 aromatic heterocycles. The van der Waals surface area contributed by atoms with Gasteiger partial charge >= 0.3 is 0 Å². The van der Waals surface area contributed by atoms with Crippen molar-refractivity contribution in [2.45, 2.75) is 147 Å². The average Bonchev–Trinajstić information content (AvgIpc) is 2.86. The Balaban J connectivity index is 3.16. The smallest absolute Gasteiger partial charge is 0.100 e. The number of nitrogens with zero attached hydrogens (tertiary/aromatic N) is 3. The zero-order valence-corrected chi connectivity index (χ0v) is 33.9. The monoisotopic (exact) mass is 655 g/mol. The van der Waals surface area contributed by atoms with Gasteiger partial charge in [0.2, 0.25) is 0 Å². The van der Waals surface area contributed by atoms with Gasteiger partial charge in [0.05, 0.1) is 5.76 Å². The van der Waals surface area contributed by atoms with Crippen molar-refractivity contribution in [1.82, 2.24) is 14.7 Å². The van der Waals surface area contributed by atoms with E-state index in [1.165, 1.54) is 23.2 Å². The summed E-state index contributed by atoms with van der Waals surface area (Å²) in [5.41, 5.74) is 11.6. The van der Waals surface area contributed by atoms with Gasteiger partial charge in [-0.1, -0.05) is 88.5 Å². The number of nitrogen functional groups attached to an aromatic ring is 1. The molecule has 0 heterocycles. The van der Waals surface area contributed by atoms with Crippen LogP contribution in [0.25, 0.3) is 0 Å². The summed E-state index contributed by atoms with van der Waals surface area (Å²) in [4.78, 5) is 7.62. The number of ether oxygens (including phenoxy) is 1. The third-order valence-corrected chi connectivity index (χ3v) is 8.79. The van der Waals surface area contributed by atoms with Gasteiger partial charge in [-0.2, -0.15) is 0 Å². The lowest BCUT2D eigenvalue weighted by Gasteiger charge is -2.36. The van der Waals surface area contributed by atoms with Crippen LogP contribution in [-0.2, 0) is 17.7 Å². The van der Waals surface area contributed by atoms with E-state index in [1.54, 1.807) is 0 Å². The van der Waals surface area contributed by atoms with E-state index in [4.69, 9.17) is 10.5 Å². The van der Waals surface area contributed by atoms with E-state index >= 15 is 0 Å². The Labute approximate surface area is 293 Å². The van der Waals surface area contributed by atoms with E-state index in [0.717, 1.165) is 76.4 Å². The highest BCUT2D eigenvalue weighted by Crippen LogP contribution is 2.30. The fraction of sp³-hybridized carbons (Fsp3) is 0.762. The van der Waals surface area contributed by atoms with Crippen molar-refractivity contribution in [2.24, 2.45) is 22.2 Å². The lowest BCUT2D eigenvalue weighted by atomic mass is 9.86. The first-order valence-corrected chi connectivity index (χ1v) is 18.4. The van der Waals surface area contributed by atoms with E-state index in [2.05, 4.69) is 144 Å². The van der Waals surface area contributed by atoms with Crippen molar-refractivity contribution in [3.05, 3.63) is 53.9 Å². The van der Waals surface area contributed by atoms with Crippen molar-refractivity contribution in [2.75, 3.05) is 45.5 Å². The number of nitrogens with two attached hydrogens (primary N) is 1. The second kappa shape index (κ2) is 18.1. The first-order valence-electron chi connectivity index (χ1n) is 18.4. The summed E-state index contributed by atoms with van der Waals surface area (Å²) in [7, 11) is 2.27. The van der Waals surface area contributed by atoms with E-state index < -0.39 is 0 Å². The molecule has 0 aliphatic heterocycles. The van der Waals surface area contributed by atoms with Crippen LogP contribution < -0.4 is 5.73 Å². The maximum atomic E-state index is 6.44. The zero-order chi connectivity index (χ0) is 36.4. The zero-order valence-electron chi connectivity index (χ0n) is 33.9. The molecule has 0 bridgehead atoms. The van der Waals surface area contributed by atoms with Crippen LogP contribution in [0.4, 0.5) is 5.69 Å². The Bertz CT molecular complexity index is 1100. The minimum absolute atomic E-state index is 0.188. The van der Waals surface area contributed by atoms with E-state index in [9.17, 15) is 0 Å². The molecule has 1 aromatic carbocycles. The van der Waals surface area contributed by atoms with Gasteiger partial charge < -0.3 is 20.3 Å². The van der Waals surface area contributed by atoms with Gasteiger partial charge in [-0.15, -0.1) is 0 Å². The van der Waals surface area contributed by atoms with Gasteiger partial charge in [-0.3, -0.25) is 4.90 Å². The highest BCUT2D eigenvalue weighted by atomic mass is 16.5. The molecule has 0 aliphatic rings. The summed E-state index contributed by atoms with van der Waals surface area (Å²) >= 11 is 0. The van der Waals surface area contributed by atoms with Gasteiger partial charge in [0.25, 0.3) is 0 Å². The summed E-state index contributed by atoms with van der Waals surface area (Å²) < 4.78 is 6.44. The Morgan fingerprint density at radius 2 is 1.40 bits per heavy atom. The van der Waals surface area contributed by atoms with Crippen molar-refractivity contribution in [3.8, 4) is 0 Å². The fourth-order valence-corrected chi connectivity index (χ4v) is 6.41. The number of hydrogen-bond acceptors (Lipinski definition) is 5. The molecule has 0 fully saturated rings. The summed E-state index contributed by atoms with van der Waals surface area (Å²) in [6.45, 7) is 46.8. The molecule has 2 N–H and O–H groups in total. The van der Waals surface area contributed by atoms with E-state index in [1.807, 2.05) is 6.07 Å². The molecular formula is C42H78N4O. The second-order valence-corrected chi connectivity index (χ2v) is 19.0. The first-order chi connectivity index (χ1) is 21.3. The number of anilines is 1. The molecule has 0 amide bonds. The maximum absolute atomic E-state index is 6.44. The quantitative estimate of drug-likeness (QED) is 0.119. The molecule has 1 rings (SSSR count). The Kier molecular flexibility index (Phi) is 16.6. The molecule has 47 heavy (non-hydrogen) atoms.